The second-order valence-electron chi connectivity index (χ2n) is 3.31. The summed E-state index contributed by atoms with van der Waals surface area (Å²) in [6, 6.07) is 0. The molecule has 0 saturated heterocycles. The first-order valence-electron chi connectivity index (χ1n) is 3.76. The zero-order chi connectivity index (χ0) is 7.90. The molecule has 0 spiro atoms. The number of nitrogens with zero attached hydrogens (tertiary/aromatic N) is 1. The van der Waals surface area contributed by atoms with Gasteiger partial charge in [-0.1, -0.05) is 6.92 Å². The highest BCUT2D eigenvalue weighted by Gasteiger charge is 2.42. The smallest absolute Gasteiger partial charge is 0.209 e. The number of hydrogen-bond donors (Lipinski definition) is 0. The Labute approximate surface area is 70.6 Å². The molecule has 0 aliphatic heterocycles. The van der Waals surface area contributed by atoms with Crippen LogP contribution in [0.1, 0.15) is 31.4 Å². The molecule has 0 N–H and O–H groups in total. The summed E-state index contributed by atoms with van der Waals surface area (Å²) in [4.78, 5) is 4.04. The van der Waals surface area contributed by atoms with E-state index in [1.807, 2.05) is 0 Å². The maximum atomic E-state index is 5.55. The highest BCUT2D eigenvalue weighted by molar-refractivity contribution is 6.16. The molecule has 3 heteroatoms. The zero-order valence-corrected chi connectivity index (χ0v) is 7.19. The van der Waals surface area contributed by atoms with Gasteiger partial charge in [0.05, 0.1) is 12.1 Å². The molecule has 1 heterocycles. The minimum absolute atomic E-state index is 0.275. The molecule has 1 aliphatic rings. The molecule has 2 nitrogen and oxygen atoms in total. The average Bonchev–Trinajstić information content (AvgIpc) is 2.61. The van der Waals surface area contributed by atoms with Crippen LogP contribution >= 0.6 is 11.6 Å². The Morgan fingerprint density at radius 2 is 2.45 bits per heavy atom. The second kappa shape index (κ2) is 2.24. The lowest BCUT2D eigenvalue weighted by atomic mass is 10.1. The van der Waals surface area contributed by atoms with E-state index < -0.39 is 0 Å². The lowest BCUT2D eigenvalue weighted by molar-refractivity contribution is 0.437. The average molecular weight is 172 g/mol. The van der Waals surface area contributed by atoms with E-state index in [1.165, 1.54) is 12.8 Å². The summed E-state index contributed by atoms with van der Waals surface area (Å²) in [6.07, 6.45) is 4.22. The Balaban J connectivity index is 2.25. The van der Waals surface area contributed by atoms with Crippen molar-refractivity contribution in [3.05, 3.63) is 17.8 Å². The molecule has 1 saturated carbocycles. The van der Waals surface area contributed by atoms with Crippen LogP contribution in [0, 0.1) is 0 Å². The largest absolute Gasteiger partial charge is 0.444 e. The molecule has 1 fully saturated rings. The molecule has 1 aromatic heterocycles. The van der Waals surface area contributed by atoms with Crippen molar-refractivity contribution in [2.75, 3.05) is 0 Å². The van der Waals surface area contributed by atoms with Gasteiger partial charge in [-0.05, 0) is 12.8 Å². The SMILES string of the molecule is CC1(c2cnc(CCl)o2)CC1. The van der Waals surface area contributed by atoms with Crippen LogP contribution in [-0.4, -0.2) is 4.98 Å². The maximum absolute atomic E-state index is 5.55. The van der Waals surface area contributed by atoms with Gasteiger partial charge in [0, 0.05) is 5.41 Å². The summed E-state index contributed by atoms with van der Waals surface area (Å²) in [7, 11) is 0. The molecule has 0 atom stereocenters. The van der Waals surface area contributed by atoms with E-state index in [9.17, 15) is 0 Å². The molecule has 1 aliphatic carbocycles. The molecule has 0 aromatic carbocycles. The minimum atomic E-state index is 0.275. The number of aromatic nitrogens is 1. The van der Waals surface area contributed by atoms with Crippen molar-refractivity contribution >= 4 is 11.6 Å². The van der Waals surface area contributed by atoms with Crippen LogP contribution in [0.15, 0.2) is 10.6 Å². The lowest BCUT2D eigenvalue weighted by Gasteiger charge is -1.99. The first-order valence-corrected chi connectivity index (χ1v) is 4.29. The van der Waals surface area contributed by atoms with Crippen LogP contribution in [0.25, 0.3) is 0 Å². The van der Waals surface area contributed by atoms with Gasteiger partial charge in [-0.15, -0.1) is 11.6 Å². The van der Waals surface area contributed by atoms with Gasteiger partial charge < -0.3 is 4.42 Å². The quantitative estimate of drug-likeness (QED) is 0.639. The van der Waals surface area contributed by atoms with Crippen molar-refractivity contribution in [3.63, 3.8) is 0 Å². The van der Waals surface area contributed by atoms with Crippen LogP contribution in [0.3, 0.4) is 0 Å². The zero-order valence-electron chi connectivity index (χ0n) is 6.43. The molecular weight excluding hydrogens is 162 g/mol. The van der Waals surface area contributed by atoms with Crippen molar-refractivity contribution in [2.24, 2.45) is 0 Å². The van der Waals surface area contributed by atoms with Crippen molar-refractivity contribution in [1.29, 1.82) is 0 Å². The predicted molar refractivity (Wildman–Crippen MR) is 42.6 cm³/mol. The number of hydrogen-bond acceptors (Lipinski definition) is 2. The van der Waals surface area contributed by atoms with Crippen molar-refractivity contribution in [1.82, 2.24) is 4.98 Å². The molecule has 11 heavy (non-hydrogen) atoms. The summed E-state index contributed by atoms with van der Waals surface area (Å²) >= 11 is 5.55. The van der Waals surface area contributed by atoms with Gasteiger partial charge in [-0.25, -0.2) is 4.98 Å². The second-order valence-corrected chi connectivity index (χ2v) is 3.58. The summed E-state index contributed by atoms with van der Waals surface area (Å²) in [6.45, 7) is 2.19. The molecule has 0 bridgehead atoms. The monoisotopic (exact) mass is 171 g/mol. The van der Waals surface area contributed by atoms with Crippen LogP contribution in [0.2, 0.25) is 0 Å². The number of halogens is 1. The van der Waals surface area contributed by atoms with Gasteiger partial charge in [-0.2, -0.15) is 0 Å². The summed E-state index contributed by atoms with van der Waals surface area (Å²) < 4.78 is 5.42. The fourth-order valence-corrected chi connectivity index (χ4v) is 1.21. The molecule has 0 radical (unpaired) electrons. The maximum Gasteiger partial charge on any atom is 0.209 e. The fraction of sp³-hybridized carbons (Fsp3) is 0.625. The third kappa shape index (κ3) is 1.16. The standard InChI is InChI=1S/C8H10ClNO/c1-8(2-3-8)6-5-10-7(4-9)11-6/h5H,2-4H2,1H3. The van der Waals surface area contributed by atoms with Gasteiger partial charge in [-0.3, -0.25) is 0 Å². The van der Waals surface area contributed by atoms with E-state index in [2.05, 4.69) is 11.9 Å². The Kier molecular flexibility index (Phi) is 1.46. The predicted octanol–water partition coefficient (Wildman–Crippen LogP) is 2.46. The molecule has 60 valence electrons. The molecule has 0 unspecified atom stereocenters. The Bertz CT molecular complexity index is 265. The van der Waals surface area contributed by atoms with Gasteiger partial charge in [0.1, 0.15) is 5.76 Å². The van der Waals surface area contributed by atoms with Crippen molar-refractivity contribution in [3.8, 4) is 0 Å². The van der Waals surface area contributed by atoms with Gasteiger partial charge >= 0.3 is 0 Å². The van der Waals surface area contributed by atoms with E-state index in [1.54, 1.807) is 6.20 Å². The number of oxazole rings is 1. The van der Waals surface area contributed by atoms with Gasteiger partial charge in [0.2, 0.25) is 5.89 Å². The van der Waals surface area contributed by atoms with E-state index in [0.29, 0.717) is 11.8 Å². The lowest BCUT2D eigenvalue weighted by Crippen LogP contribution is -1.95. The Morgan fingerprint density at radius 3 is 2.91 bits per heavy atom. The van der Waals surface area contributed by atoms with Gasteiger partial charge in [0.15, 0.2) is 0 Å². The fourth-order valence-electron chi connectivity index (χ4n) is 1.08. The summed E-state index contributed by atoms with van der Waals surface area (Å²) in [5, 5.41) is 0. The molecular formula is C8H10ClNO. The van der Waals surface area contributed by atoms with Gasteiger partial charge in [0.25, 0.3) is 0 Å². The summed E-state index contributed by atoms with van der Waals surface area (Å²) in [5.41, 5.74) is 0.275. The summed E-state index contributed by atoms with van der Waals surface area (Å²) in [5.74, 6) is 2.00. The minimum Gasteiger partial charge on any atom is -0.444 e. The van der Waals surface area contributed by atoms with Crippen molar-refractivity contribution in [2.45, 2.75) is 31.1 Å². The third-order valence-electron chi connectivity index (χ3n) is 2.26. The first kappa shape index (κ1) is 7.17. The highest BCUT2D eigenvalue weighted by atomic mass is 35.5. The van der Waals surface area contributed by atoms with Crippen LogP contribution < -0.4 is 0 Å². The molecule has 0 amide bonds. The van der Waals surface area contributed by atoms with E-state index >= 15 is 0 Å². The third-order valence-corrected chi connectivity index (χ3v) is 2.49. The van der Waals surface area contributed by atoms with Crippen molar-refractivity contribution < 1.29 is 4.42 Å². The Hall–Kier alpha value is -0.500. The highest BCUT2D eigenvalue weighted by Crippen LogP contribution is 2.47. The molecule has 2 rings (SSSR count). The van der Waals surface area contributed by atoms with E-state index in [0.717, 1.165) is 5.76 Å². The first-order chi connectivity index (χ1) is 5.24. The van der Waals surface area contributed by atoms with Crippen LogP contribution in [0.5, 0.6) is 0 Å². The van der Waals surface area contributed by atoms with E-state index in [4.69, 9.17) is 16.0 Å². The normalized spacial score (nSPS) is 20.2. The number of alkyl halides is 1. The van der Waals surface area contributed by atoms with Crippen LogP contribution in [-0.2, 0) is 11.3 Å². The molecule has 1 aromatic rings. The number of rotatable bonds is 2. The van der Waals surface area contributed by atoms with E-state index in [-0.39, 0.29) is 5.41 Å². The topological polar surface area (TPSA) is 26.0 Å². The Morgan fingerprint density at radius 1 is 1.73 bits per heavy atom. The van der Waals surface area contributed by atoms with Crippen LogP contribution in [0.4, 0.5) is 0 Å².